The lowest BCUT2D eigenvalue weighted by Gasteiger charge is -2.36. The molecule has 12 nitrogen and oxygen atoms in total. The Bertz CT molecular complexity index is 2740. The molecule has 1 aromatic heterocycles. The Morgan fingerprint density at radius 1 is 0.815 bits per heavy atom. The molecule has 0 aliphatic carbocycles. The summed E-state index contributed by atoms with van der Waals surface area (Å²) in [6, 6.07) is 24.7. The van der Waals surface area contributed by atoms with E-state index in [1.165, 1.54) is 27.6 Å². The molecule has 4 aromatic carbocycles. The van der Waals surface area contributed by atoms with Crippen molar-refractivity contribution in [3.05, 3.63) is 117 Å². The van der Waals surface area contributed by atoms with Crippen LogP contribution in [0.4, 0.5) is 4.39 Å². The molecule has 4 aliphatic heterocycles. The summed E-state index contributed by atoms with van der Waals surface area (Å²) in [4.78, 5) is 70.8. The van der Waals surface area contributed by atoms with Gasteiger partial charge in [0.05, 0.1) is 17.6 Å². The Morgan fingerprint density at radius 2 is 1.57 bits per heavy atom. The molecule has 9 rings (SSSR count). The van der Waals surface area contributed by atoms with E-state index < -0.39 is 11.9 Å². The number of carbonyl (C=O) groups is 4. The predicted molar refractivity (Wildman–Crippen MR) is 248 cm³/mol. The maximum atomic E-state index is 13.6. The highest BCUT2D eigenvalue weighted by Crippen LogP contribution is 2.34. The molecule has 4 fully saturated rings. The van der Waals surface area contributed by atoms with Crippen LogP contribution in [0.1, 0.15) is 98.5 Å². The van der Waals surface area contributed by atoms with E-state index in [4.69, 9.17) is 0 Å². The van der Waals surface area contributed by atoms with E-state index in [0.717, 1.165) is 92.3 Å². The highest BCUT2D eigenvalue weighted by atomic mass is 19.1. The molecular weight excluding hydrogens is 822 g/mol. The number of benzene rings is 4. The second-order valence-corrected chi connectivity index (χ2v) is 18.5. The van der Waals surface area contributed by atoms with Gasteiger partial charge >= 0.3 is 5.69 Å². The van der Waals surface area contributed by atoms with E-state index in [9.17, 15) is 28.4 Å². The number of nitrogens with zero attached hydrogens (tertiary/aromatic N) is 5. The lowest BCUT2D eigenvalue weighted by molar-refractivity contribution is -0.136. The zero-order valence-corrected chi connectivity index (χ0v) is 37.4. The summed E-state index contributed by atoms with van der Waals surface area (Å²) < 4.78 is 16.7. The molecule has 2 N–H and O–H groups in total. The van der Waals surface area contributed by atoms with Crippen molar-refractivity contribution in [1.29, 1.82) is 0 Å². The third-order valence-electron chi connectivity index (χ3n) is 14.5. The molecular formula is C52H58FN7O5. The van der Waals surface area contributed by atoms with Crippen molar-refractivity contribution >= 4 is 45.4 Å². The van der Waals surface area contributed by atoms with Gasteiger partial charge in [-0.3, -0.25) is 43.4 Å². The molecule has 4 saturated heterocycles. The van der Waals surface area contributed by atoms with E-state index >= 15 is 0 Å². The minimum absolute atomic E-state index is 0.0344. The standard InChI is InChI=1S/C52H58FN7O5/c1-34(58-28-22-39(23-29-58)50(63)54-32-36-6-5-7-41(53)30-36)42-14-12-38(43-8-3-4-9-44(42)43)11-10-35-18-26-59(27-19-35)49(62)33-57-24-20-37(21-25-57)40-13-15-45-47(31-40)56(2)52(65)60(45)46-16-17-48(61)55-51(46)64/h3-9,12-15,30-31,34-35,37,39,46H,16-29,32-33H2,1-2H3,(H,54,63)(H,55,61,64)/t34-,46+/m1/s1. The Hall–Kier alpha value is -6.10. The molecule has 4 amide bonds. The van der Waals surface area contributed by atoms with Gasteiger partial charge in [-0.05, 0) is 142 Å². The number of nitrogens with one attached hydrogen (secondary N) is 2. The fourth-order valence-corrected chi connectivity index (χ4v) is 10.6. The Kier molecular flexibility index (Phi) is 13.0. The summed E-state index contributed by atoms with van der Waals surface area (Å²) in [7, 11) is 1.72. The van der Waals surface area contributed by atoms with E-state index in [-0.39, 0.29) is 53.5 Å². The van der Waals surface area contributed by atoms with Crippen molar-refractivity contribution in [2.75, 3.05) is 45.8 Å². The average Bonchev–Trinajstić information content (AvgIpc) is 3.57. The minimum Gasteiger partial charge on any atom is -0.352 e. The number of imidazole rings is 1. The van der Waals surface area contributed by atoms with Crippen molar-refractivity contribution in [3.8, 4) is 11.8 Å². The van der Waals surface area contributed by atoms with Gasteiger partial charge in [-0.1, -0.05) is 60.4 Å². The van der Waals surface area contributed by atoms with Crippen molar-refractivity contribution in [3.63, 3.8) is 0 Å². The van der Waals surface area contributed by atoms with Gasteiger partial charge in [-0.2, -0.15) is 0 Å². The van der Waals surface area contributed by atoms with Crippen molar-refractivity contribution in [2.24, 2.45) is 18.9 Å². The zero-order valence-electron chi connectivity index (χ0n) is 37.4. The maximum absolute atomic E-state index is 13.6. The van der Waals surface area contributed by atoms with Crippen molar-refractivity contribution in [2.45, 2.75) is 82.8 Å². The number of aryl methyl sites for hydroxylation is 1. The Morgan fingerprint density at radius 3 is 2.31 bits per heavy atom. The summed E-state index contributed by atoms with van der Waals surface area (Å²) >= 11 is 0. The summed E-state index contributed by atoms with van der Waals surface area (Å²) in [6.45, 7) is 7.67. The lowest BCUT2D eigenvalue weighted by atomic mass is 9.89. The number of carbonyl (C=O) groups excluding carboxylic acids is 4. The number of rotatable bonds is 9. The third kappa shape index (κ3) is 9.51. The summed E-state index contributed by atoms with van der Waals surface area (Å²) in [5.41, 5.74) is 5.38. The van der Waals surface area contributed by atoms with Crippen LogP contribution in [0.15, 0.2) is 83.7 Å². The number of hydrogen-bond acceptors (Lipinski definition) is 7. The van der Waals surface area contributed by atoms with E-state index in [1.54, 1.807) is 17.7 Å². The van der Waals surface area contributed by atoms with Crippen LogP contribution in [0.3, 0.4) is 0 Å². The highest BCUT2D eigenvalue weighted by Gasteiger charge is 2.33. The minimum atomic E-state index is -0.706. The first-order valence-electron chi connectivity index (χ1n) is 23.3. The van der Waals surface area contributed by atoms with Gasteiger partial charge in [0.1, 0.15) is 11.9 Å². The molecule has 0 unspecified atom stereocenters. The monoisotopic (exact) mass is 879 g/mol. The van der Waals surface area contributed by atoms with Gasteiger partial charge < -0.3 is 10.2 Å². The molecule has 5 aromatic rings. The van der Waals surface area contributed by atoms with Crippen LogP contribution in [0, 0.1) is 29.5 Å². The summed E-state index contributed by atoms with van der Waals surface area (Å²) in [6.07, 6.45) is 5.59. The van der Waals surface area contributed by atoms with Crippen LogP contribution in [0.25, 0.3) is 21.8 Å². The van der Waals surface area contributed by atoms with Crippen molar-refractivity contribution < 1.29 is 23.6 Å². The van der Waals surface area contributed by atoms with Crippen LogP contribution in [-0.4, -0.2) is 93.3 Å². The lowest BCUT2D eigenvalue weighted by Crippen LogP contribution is -2.45. The van der Waals surface area contributed by atoms with Crippen LogP contribution >= 0.6 is 0 Å². The number of likely N-dealkylation sites (tertiary alicyclic amines) is 3. The molecule has 65 heavy (non-hydrogen) atoms. The molecule has 0 bridgehead atoms. The molecule has 4 aliphatic rings. The molecule has 0 saturated carbocycles. The first-order chi connectivity index (χ1) is 31.5. The van der Waals surface area contributed by atoms with Crippen LogP contribution < -0.4 is 16.3 Å². The van der Waals surface area contributed by atoms with E-state index in [0.29, 0.717) is 44.0 Å². The summed E-state index contributed by atoms with van der Waals surface area (Å²) in [5.74, 6) is 6.72. The third-order valence-corrected chi connectivity index (χ3v) is 14.5. The van der Waals surface area contributed by atoms with E-state index in [2.05, 4.69) is 87.7 Å². The van der Waals surface area contributed by atoms with E-state index in [1.807, 2.05) is 17.0 Å². The van der Waals surface area contributed by atoms with Gasteiger partial charge in [0.2, 0.25) is 23.6 Å². The first kappa shape index (κ1) is 44.1. The molecule has 0 spiro atoms. The number of amides is 4. The zero-order chi connectivity index (χ0) is 45.2. The Labute approximate surface area is 379 Å². The normalized spacial score (nSPS) is 20.1. The molecule has 5 heterocycles. The number of aromatic nitrogens is 2. The number of piperidine rings is 4. The highest BCUT2D eigenvalue weighted by molar-refractivity contribution is 6.00. The maximum Gasteiger partial charge on any atom is 0.329 e. The van der Waals surface area contributed by atoms with Crippen molar-refractivity contribution in [1.82, 2.24) is 34.5 Å². The fourth-order valence-electron chi connectivity index (χ4n) is 10.6. The molecule has 2 atom stereocenters. The van der Waals surface area contributed by atoms with Gasteiger partial charge in [0.15, 0.2) is 0 Å². The van der Waals surface area contributed by atoms with Crippen LogP contribution in [0.2, 0.25) is 0 Å². The number of halogens is 1. The topological polar surface area (TPSA) is 129 Å². The van der Waals surface area contributed by atoms with Gasteiger partial charge in [-0.25, -0.2) is 9.18 Å². The number of hydrogen-bond donors (Lipinski definition) is 2. The van der Waals surface area contributed by atoms with Gasteiger partial charge in [0, 0.05) is 56.5 Å². The summed E-state index contributed by atoms with van der Waals surface area (Å²) in [5, 5.41) is 7.71. The SMILES string of the molecule is C[C@H](c1ccc(C#CC2CCN(C(=O)CN3CCC(c4ccc5c(c4)n(C)c(=O)n5[C@H]4CCC(=O)NC4=O)CC3)CC2)c2ccccc12)N1CCC(C(=O)NCc2cccc(F)c2)CC1. The smallest absolute Gasteiger partial charge is 0.329 e. The second kappa shape index (κ2) is 19.2. The van der Waals surface area contributed by atoms with Gasteiger partial charge in [-0.15, -0.1) is 0 Å². The quantitative estimate of drug-likeness (QED) is 0.134. The number of imide groups is 1. The molecule has 338 valence electrons. The molecule has 13 heteroatoms. The van der Waals surface area contributed by atoms with Gasteiger partial charge in [0.25, 0.3) is 0 Å². The fraction of sp³-hybridized carbons (Fsp3) is 0.442. The Balaban J connectivity index is 0.746. The second-order valence-electron chi connectivity index (χ2n) is 18.5. The van der Waals surface area contributed by atoms with Crippen LogP contribution in [-0.2, 0) is 32.8 Å². The average molecular weight is 880 g/mol. The predicted octanol–water partition coefficient (Wildman–Crippen LogP) is 6.17. The van der Waals surface area contributed by atoms with Crippen LogP contribution in [0.5, 0.6) is 0 Å². The largest absolute Gasteiger partial charge is 0.352 e. The first-order valence-corrected chi connectivity index (χ1v) is 23.3. The number of fused-ring (bicyclic) bond motifs is 2. The molecule has 0 radical (unpaired) electrons.